The molecule has 1 fully saturated rings. The van der Waals surface area contributed by atoms with Crippen molar-refractivity contribution in [3.8, 4) is 0 Å². The molecule has 3 aromatic rings. The number of nitrogens with one attached hydrogen (secondary N) is 1. The molecule has 6 nitrogen and oxygen atoms in total. The molecule has 1 aliphatic carbocycles. The fourth-order valence-corrected chi connectivity index (χ4v) is 6.85. The molecular weight excluding hydrogens is 486 g/mol. The van der Waals surface area contributed by atoms with Crippen molar-refractivity contribution in [3.05, 3.63) is 113 Å². The van der Waals surface area contributed by atoms with Crippen LogP contribution in [0, 0.1) is 0 Å². The van der Waals surface area contributed by atoms with Crippen LogP contribution < -0.4 is 10.2 Å². The molecule has 39 heavy (non-hydrogen) atoms. The Balaban J connectivity index is 1.47. The zero-order chi connectivity index (χ0) is 26.8. The van der Waals surface area contributed by atoms with E-state index in [-0.39, 0.29) is 23.7 Å². The fourth-order valence-electron chi connectivity index (χ4n) is 6.85. The van der Waals surface area contributed by atoms with Gasteiger partial charge in [0.05, 0.1) is 13.2 Å². The number of carbonyl (C=O) groups is 2. The van der Waals surface area contributed by atoms with Gasteiger partial charge in [-0.2, -0.15) is 0 Å². The Morgan fingerprint density at radius 3 is 2.28 bits per heavy atom. The van der Waals surface area contributed by atoms with Crippen LogP contribution in [0.15, 0.2) is 96.6 Å². The van der Waals surface area contributed by atoms with Crippen LogP contribution in [0.1, 0.15) is 34.9 Å². The zero-order valence-corrected chi connectivity index (χ0v) is 22.4. The number of amides is 2. The van der Waals surface area contributed by atoms with E-state index in [0.29, 0.717) is 18.5 Å². The van der Waals surface area contributed by atoms with Crippen LogP contribution in [0.2, 0.25) is 0 Å². The van der Waals surface area contributed by atoms with E-state index in [0.717, 1.165) is 49.7 Å². The number of fused-ring (bicyclic) bond motifs is 2. The molecule has 200 valence electrons. The van der Waals surface area contributed by atoms with Gasteiger partial charge in [-0.05, 0) is 35.1 Å². The minimum atomic E-state index is -1.13. The number of hydrogen-bond acceptors (Lipinski definition) is 4. The van der Waals surface area contributed by atoms with E-state index in [1.807, 2.05) is 61.7 Å². The standard InChI is InChI=1S/C33H35N3O3/c1-35-29-15-9-8-14-27(29)33(32(35)38)28(31(37)34-18-19-36-20-22-39-23-21-36)17-16-26(24-10-4-2-5-11-24)30(33)25-12-6-3-7-13-25/h2-15,17,26,30H,16,18-23H2,1H3,(H,34,37)/t26-,30-,33+/m0/s1. The van der Waals surface area contributed by atoms with E-state index in [4.69, 9.17) is 4.74 Å². The summed E-state index contributed by atoms with van der Waals surface area (Å²) < 4.78 is 5.46. The number of morpholine rings is 1. The highest BCUT2D eigenvalue weighted by atomic mass is 16.5. The number of rotatable bonds is 6. The average molecular weight is 522 g/mol. The summed E-state index contributed by atoms with van der Waals surface area (Å²) in [6, 6.07) is 28.7. The Kier molecular flexibility index (Phi) is 7.07. The second-order valence-corrected chi connectivity index (χ2v) is 10.7. The summed E-state index contributed by atoms with van der Waals surface area (Å²) in [6.07, 6.45) is 2.71. The van der Waals surface area contributed by atoms with Crippen molar-refractivity contribution in [2.45, 2.75) is 23.7 Å². The monoisotopic (exact) mass is 521 g/mol. The fraction of sp³-hybridized carbons (Fsp3) is 0.333. The molecule has 0 aromatic heterocycles. The van der Waals surface area contributed by atoms with Crippen LogP contribution in [0.3, 0.4) is 0 Å². The molecule has 2 amide bonds. The van der Waals surface area contributed by atoms with Gasteiger partial charge in [0.25, 0.3) is 0 Å². The van der Waals surface area contributed by atoms with Crippen molar-refractivity contribution >= 4 is 17.5 Å². The van der Waals surface area contributed by atoms with E-state index in [2.05, 4.69) is 46.6 Å². The molecule has 6 heteroatoms. The second-order valence-electron chi connectivity index (χ2n) is 10.7. The molecule has 6 rings (SSSR count). The van der Waals surface area contributed by atoms with Gasteiger partial charge in [-0.25, -0.2) is 0 Å². The maximum atomic E-state index is 14.6. The Hall–Kier alpha value is -3.74. The van der Waals surface area contributed by atoms with Gasteiger partial charge >= 0.3 is 0 Å². The Morgan fingerprint density at radius 1 is 0.923 bits per heavy atom. The number of nitrogens with zero attached hydrogens (tertiary/aromatic N) is 2. The van der Waals surface area contributed by atoms with E-state index >= 15 is 0 Å². The number of allylic oxidation sites excluding steroid dienone is 1. The summed E-state index contributed by atoms with van der Waals surface area (Å²) >= 11 is 0. The maximum absolute atomic E-state index is 14.6. The van der Waals surface area contributed by atoms with Crippen LogP contribution in [-0.2, 0) is 19.7 Å². The lowest BCUT2D eigenvalue weighted by Crippen LogP contribution is -2.52. The van der Waals surface area contributed by atoms with Crippen LogP contribution in [0.5, 0.6) is 0 Å². The number of benzene rings is 3. The van der Waals surface area contributed by atoms with Gasteiger partial charge in [0.2, 0.25) is 11.8 Å². The largest absolute Gasteiger partial charge is 0.379 e. The van der Waals surface area contributed by atoms with Gasteiger partial charge in [0.15, 0.2) is 0 Å². The van der Waals surface area contributed by atoms with Gasteiger partial charge in [-0.15, -0.1) is 0 Å². The number of carbonyl (C=O) groups excluding carboxylic acids is 2. The first-order valence-electron chi connectivity index (χ1n) is 13.9. The first-order valence-corrected chi connectivity index (χ1v) is 13.9. The average Bonchev–Trinajstić information content (AvgIpc) is 3.21. The Morgan fingerprint density at radius 2 is 1.56 bits per heavy atom. The highest BCUT2D eigenvalue weighted by Gasteiger charge is 2.62. The lowest BCUT2D eigenvalue weighted by molar-refractivity contribution is -0.126. The normalized spacial score (nSPS) is 24.9. The number of hydrogen-bond donors (Lipinski definition) is 1. The van der Waals surface area contributed by atoms with Crippen molar-refractivity contribution < 1.29 is 14.3 Å². The number of ether oxygens (including phenoxy) is 1. The van der Waals surface area contributed by atoms with Crippen molar-refractivity contribution in [2.75, 3.05) is 51.3 Å². The molecule has 3 atom stereocenters. The number of para-hydroxylation sites is 1. The second kappa shape index (κ2) is 10.8. The third kappa shape index (κ3) is 4.38. The Labute approximate surface area is 230 Å². The summed E-state index contributed by atoms with van der Waals surface area (Å²) in [7, 11) is 1.83. The van der Waals surface area contributed by atoms with Gasteiger partial charge < -0.3 is 15.0 Å². The molecule has 1 saturated heterocycles. The summed E-state index contributed by atoms with van der Waals surface area (Å²) in [4.78, 5) is 32.8. The van der Waals surface area contributed by atoms with Crippen molar-refractivity contribution in [1.29, 1.82) is 0 Å². The minimum absolute atomic E-state index is 0.0296. The highest BCUT2D eigenvalue weighted by Crippen LogP contribution is 2.60. The molecule has 2 heterocycles. The van der Waals surface area contributed by atoms with Gasteiger partial charge in [-0.1, -0.05) is 84.9 Å². The summed E-state index contributed by atoms with van der Waals surface area (Å²) in [5.41, 5.74) is 3.44. The predicted octanol–water partition coefficient (Wildman–Crippen LogP) is 4.25. The molecular formula is C33H35N3O3. The molecule has 3 aromatic carbocycles. The van der Waals surface area contributed by atoms with E-state index in [1.165, 1.54) is 5.56 Å². The predicted molar refractivity (Wildman–Crippen MR) is 153 cm³/mol. The SMILES string of the molecule is CN1C(=O)[C@@]2(C(C(=O)NCCN3CCOCC3)=CC[C@@H](c3ccccc3)[C@@H]2c2ccccc2)c2ccccc21. The molecule has 0 unspecified atom stereocenters. The molecule has 1 spiro atoms. The summed E-state index contributed by atoms with van der Waals surface area (Å²) in [6.45, 7) is 4.46. The number of likely N-dealkylation sites (N-methyl/N-ethyl adjacent to an activating group) is 1. The van der Waals surface area contributed by atoms with Crippen molar-refractivity contribution in [2.24, 2.45) is 0 Å². The summed E-state index contributed by atoms with van der Waals surface area (Å²) in [5.74, 6) is -0.423. The summed E-state index contributed by atoms with van der Waals surface area (Å²) in [5, 5.41) is 3.18. The number of anilines is 1. The van der Waals surface area contributed by atoms with Crippen LogP contribution in [-0.4, -0.2) is 63.2 Å². The zero-order valence-electron chi connectivity index (χ0n) is 22.4. The van der Waals surface area contributed by atoms with Gasteiger partial charge in [-0.3, -0.25) is 14.5 Å². The molecule has 3 aliphatic rings. The van der Waals surface area contributed by atoms with Gasteiger partial charge in [0, 0.05) is 50.4 Å². The quantitative estimate of drug-likeness (QED) is 0.527. The van der Waals surface area contributed by atoms with Crippen molar-refractivity contribution in [3.63, 3.8) is 0 Å². The van der Waals surface area contributed by atoms with E-state index < -0.39 is 5.41 Å². The lowest BCUT2D eigenvalue weighted by Gasteiger charge is -2.45. The van der Waals surface area contributed by atoms with E-state index in [1.54, 1.807) is 4.90 Å². The smallest absolute Gasteiger partial charge is 0.248 e. The molecule has 0 saturated carbocycles. The third-order valence-corrected chi connectivity index (χ3v) is 8.65. The molecule has 1 N–H and O–H groups in total. The highest BCUT2D eigenvalue weighted by molar-refractivity contribution is 6.17. The first-order chi connectivity index (χ1) is 19.1. The Bertz CT molecular complexity index is 1370. The maximum Gasteiger partial charge on any atom is 0.248 e. The van der Waals surface area contributed by atoms with Gasteiger partial charge in [0.1, 0.15) is 5.41 Å². The molecule has 0 bridgehead atoms. The van der Waals surface area contributed by atoms with Crippen molar-refractivity contribution in [1.82, 2.24) is 10.2 Å². The third-order valence-electron chi connectivity index (χ3n) is 8.65. The van der Waals surface area contributed by atoms with Crippen LogP contribution in [0.4, 0.5) is 5.69 Å². The minimum Gasteiger partial charge on any atom is -0.379 e. The molecule has 2 aliphatic heterocycles. The topological polar surface area (TPSA) is 61.9 Å². The van der Waals surface area contributed by atoms with Crippen LogP contribution >= 0.6 is 0 Å². The first kappa shape index (κ1) is 25.5. The van der Waals surface area contributed by atoms with Crippen LogP contribution in [0.25, 0.3) is 0 Å². The molecule has 0 radical (unpaired) electrons. The lowest BCUT2D eigenvalue weighted by atomic mass is 9.55. The van der Waals surface area contributed by atoms with E-state index in [9.17, 15) is 9.59 Å².